The summed E-state index contributed by atoms with van der Waals surface area (Å²) in [6, 6.07) is 12.4. The molecule has 0 aliphatic heterocycles. The molecule has 0 saturated carbocycles. The van der Waals surface area contributed by atoms with Gasteiger partial charge in [0.1, 0.15) is 11.6 Å². The Balaban J connectivity index is 2.08. The highest BCUT2D eigenvalue weighted by Crippen LogP contribution is 2.21. The van der Waals surface area contributed by atoms with Gasteiger partial charge in [0.15, 0.2) is 0 Å². The Bertz CT molecular complexity index is 598. The average molecular weight is 294 g/mol. The molecule has 3 nitrogen and oxygen atoms in total. The summed E-state index contributed by atoms with van der Waals surface area (Å²) in [7, 11) is 0.156. The van der Waals surface area contributed by atoms with Crippen LogP contribution >= 0.6 is 0 Å². The Labute approximate surface area is 119 Å². The first-order valence-electron chi connectivity index (χ1n) is 6.06. The van der Waals surface area contributed by atoms with E-state index in [0.29, 0.717) is 16.2 Å². The molecule has 0 fully saturated rings. The van der Waals surface area contributed by atoms with Crippen molar-refractivity contribution in [2.45, 2.75) is 11.0 Å². The molecule has 0 aliphatic rings. The fraction of sp³-hybridized carbons (Fsp3) is 0.200. The first-order chi connectivity index (χ1) is 9.60. The van der Waals surface area contributed by atoms with Crippen LogP contribution in [-0.2, 0) is 10.8 Å². The second kappa shape index (κ2) is 6.63. The normalized spacial score (nSPS) is 13.8. The lowest BCUT2D eigenvalue weighted by Crippen LogP contribution is -2.09. The molecule has 0 radical (unpaired) electrons. The van der Waals surface area contributed by atoms with Crippen molar-refractivity contribution in [2.75, 3.05) is 12.9 Å². The molecule has 0 aromatic heterocycles. The van der Waals surface area contributed by atoms with E-state index < -0.39 is 16.9 Å². The molecular formula is C15H15FO3S. The first kappa shape index (κ1) is 14.7. The second-order valence-electron chi connectivity index (χ2n) is 4.26. The molecule has 2 aromatic carbocycles. The maximum absolute atomic E-state index is 12.8. The Morgan fingerprint density at radius 2 is 1.95 bits per heavy atom. The van der Waals surface area contributed by atoms with Gasteiger partial charge in [-0.05, 0) is 42.0 Å². The lowest BCUT2D eigenvalue weighted by molar-refractivity contribution is 0.202. The third kappa shape index (κ3) is 3.65. The fourth-order valence-corrected chi connectivity index (χ4v) is 2.88. The average Bonchev–Trinajstić information content (AvgIpc) is 2.47. The predicted octanol–water partition coefficient (Wildman–Crippen LogP) is 2.68. The van der Waals surface area contributed by atoms with Crippen molar-refractivity contribution in [2.24, 2.45) is 0 Å². The van der Waals surface area contributed by atoms with E-state index in [2.05, 4.69) is 0 Å². The van der Waals surface area contributed by atoms with Crippen LogP contribution in [0.5, 0.6) is 5.75 Å². The summed E-state index contributed by atoms with van der Waals surface area (Å²) in [4.78, 5) is 0.494. The van der Waals surface area contributed by atoms with Crippen LogP contribution in [0.1, 0.15) is 11.7 Å². The highest BCUT2D eigenvalue weighted by Gasteiger charge is 2.14. The summed E-state index contributed by atoms with van der Waals surface area (Å²) in [6.45, 7) is 0. The van der Waals surface area contributed by atoms with Gasteiger partial charge in [-0.1, -0.05) is 12.1 Å². The van der Waals surface area contributed by atoms with Crippen molar-refractivity contribution in [3.8, 4) is 5.75 Å². The lowest BCUT2D eigenvalue weighted by atomic mass is 10.1. The molecule has 2 rings (SSSR count). The van der Waals surface area contributed by atoms with E-state index in [1.807, 2.05) is 0 Å². The predicted molar refractivity (Wildman–Crippen MR) is 75.6 cm³/mol. The maximum atomic E-state index is 12.8. The number of aliphatic hydroxyl groups is 1. The molecule has 5 heteroatoms. The SMILES string of the molecule is COc1cccc(C(O)CS(=O)c2ccc(F)cc2)c1. The van der Waals surface area contributed by atoms with Gasteiger partial charge < -0.3 is 9.84 Å². The number of benzene rings is 2. The van der Waals surface area contributed by atoms with Crippen LogP contribution in [0, 0.1) is 5.82 Å². The summed E-state index contributed by atoms with van der Waals surface area (Å²) < 4.78 is 30.0. The minimum absolute atomic E-state index is 0.0544. The monoisotopic (exact) mass is 294 g/mol. The van der Waals surface area contributed by atoms with Crippen molar-refractivity contribution in [3.05, 3.63) is 59.9 Å². The summed E-state index contributed by atoms with van der Waals surface area (Å²) in [5.41, 5.74) is 0.639. The topological polar surface area (TPSA) is 46.5 Å². The minimum Gasteiger partial charge on any atom is -0.497 e. The van der Waals surface area contributed by atoms with Gasteiger partial charge in [-0.25, -0.2) is 4.39 Å². The molecule has 2 atom stereocenters. The molecule has 0 heterocycles. The van der Waals surface area contributed by atoms with Crippen molar-refractivity contribution < 1.29 is 18.4 Å². The smallest absolute Gasteiger partial charge is 0.123 e. The van der Waals surface area contributed by atoms with Crippen LogP contribution in [-0.4, -0.2) is 22.2 Å². The summed E-state index contributed by atoms with van der Waals surface area (Å²) in [5.74, 6) is 0.312. The largest absolute Gasteiger partial charge is 0.497 e. The quantitative estimate of drug-likeness (QED) is 0.922. The fourth-order valence-electron chi connectivity index (χ4n) is 1.77. The number of halogens is 1. The standard InChI is InChI=1S/C15H15FO3S/c1-19-13-4-2-3-11(9-13)15(17)10-20(18)14-7-5-12(16)6-8-14/h2-9,15,17H,10H2,1H3. The van der Waals surface area contributed by atoms with Gasteiger partial charge in [-0.15, -0.1) is 0 Å². The van der Waals surface area contributed by atoms with Crippen LogP contribution in [0.4, 0.5) is 4.39 Å². The van der Waals surface area contributed by atoms with E-state index in [1.54, 1.807) is 31.4 Å². The molecule has 20 heavy (non-hydrogen) atoms. The Hall–Kier alpha value is -1.72. The molecule has 0 amide bonds. The van der Waals surface area contributed by atoms with Crippen molar-refractivity contribution >= 4 is 10.8 Å². The van der Waals surface area contributed by atoms with E-state index in [9.17, 15) is 13.7 Å². The molecule has 0 bridgehead atoms. The van der Waals surface area contributed by atoms with Crippen LogP contribution in [0.25, 0.3) is 0 Å². The molecule has 0 saturated heterocycles. The van der Waals surface area contributed by atoms with E-state index >= 15 is 0 Å². The summed E-state index contributed by atoms with van der Waals surface area (Å²) in [6.07, 6.45) is -0.865. The highest BCUT2D eigenvalue weighted by atomic mass is 32.2. The van der Waals surface area contributed by atoms with Crippen molar-refractivity contribution in [1.29, 1.82) is 0 Å². The minimum atomic E-state index is -1.39. The van der Waals surface area contributed by atoms with Crippen LogP contribution in [0.15, 0.2) is 53.4 Å². The number of rotatable bonds is 5. The lowest BCUT2D eigenvalue weighted by Gasteiger charge is -2.12. The van der Waals surface area contributed by atoms with E-state index in [4.69, 9.17) is 4.74 Å². The molecule has 0 spiro atoms. The van der Waals surface area contributed by atoms with Crippen molar-refractivity contribution in [3.63, 3.8) is 0 Å². The Morgan fingerprint density at radius 3 is 2.60 bits per heavy atom. The van der Waals surface area contributed by atoms with E-state index in [1.165, 1.54) is 24.3 Å². The van der Waals surface area contributed by atoms with Crippen LogP contribution in [0.2, 0.25) is 0 Å². The van der Waals surface area contributed by atoms with Crippen molar-refractivity contribution in [1.82, 2.24) is 0 Å². The summed E-state index contributed by atoms with van der Waals surface area (Å²) >= 11 is 0. The first-order valence-corrected chi connectivity index (χ1v) is 7.38. The zero-order valence-electron chi connectivity index (χ0n) is 11.0. The third-order valence-corrected chi connectivity index (χ3v) is 4.28. The van der Waals surface area contributed by atoms with E-state index in [0.717, 1.165) is 0 Å². The van der Waals surface area contributed by atoms with Crippen LogP contribution < -0.4 is 4.74 Å². The zero-order valence-corrected chi connectivity index (χ0v) is 11.8. The molecule has 2 aromatic rings. The highest BCUT2D eigenvalue weighted by molar-refractivity contribution is 7.85. The molecule has 106 valence electrons. The molecule has 2 unspecified atom stereocenters. The maximum Gasteiger partial charge on any atom is 0.123 e. The van der Waals surface area contributed by atoms with Gasteiger partial charge in [0.05, 0.1) is 29.8 Å². The Kier molecular flexibility index (Phi) is 4.87. The van der Waals surface area contributed by atoms with Gasteiger partial charge in [-0.3, -0.25) is 4.21 Å². The number of hydrogen-bond donors (Lipinski definition) is 1. The van der Waals surface area contributed by atoms with Gasteiger partial charge in [0, 0.05) is 4.90 Å². The Morgan fingerprint density at radius 1 is 1.25 bits per heavy atom. The molecular weight excluding hydrogens is 279 g/mol. The third-order valence-electron chi connectivity index (χ3n) is 2.86. The second-order valence-corrected chi connectivity index (χ2v) is 5.75. The number of ether oxygens (including phenoxy) is 1. The molecule has 1 N–H and O–H groups in total. The zero-order chi connectivity index (χ0) is 14.5. The van der Waals surface area contributed by atoms with E-state index in [-0.39, 0.29) is 11.6 Å². The number of methoxy groups -OCH3 is 1. The van der Waals surface area contributed by atoms with Gasteiger partial charge >= 0.3 is 0 Å². The molecule has 0 aliphatic carbocycles. The number of aliphatic hydroxyl groups excluding tert-OH is 1. The summed E-state index contributed by atoms with van der Waals surface area (Å²) in [5, 5.41) is 10.1. The van der Waals surface area contributed by atoms with Gasteiger partial charge in [0.2, 0.25) is 0 Å². The van der Waals surface area contributed by atoms with Gasteiger partial charge in [0.25, 0.3) is 0 Å². The number of hydrogen-bond acceptors (Lipinski definition) is 3. The van der Waals surface area contributed by atoms with Gasteiger partial charge in [-0.2, -0.15) is 0 Å². The van der Waals surface area contributed by atoms with Crippen LogP contribution in [0.3, 0.4) is 0 Å².